The summed E-state index contributed by atoms with van der Waals surface area (Å²) < 4.78 is 23.8. The maximum atomic E-state index is 11.6. The summed E-state index contributed by atoms with van der Waals surface area (Å²) in [5, 5.41) is 6.46. The number of nitrogens with one attached hydrogen (secondary N) is 2. The van der Waals surface area contributed by atoms with E-state index in [9.17, 15) is 4.79 Å². The van der Waals surface area contributed by atoms with Crippen molar-refractivity contribution in [2.75, 3.05) is 58.4 Å². The average Bonchev–Trinajstić information content (AvgIpc) is 3.39. The van der Waals surface area contributed by atoms with Gasteiger partial charge in [-0.15, -0.1) is 0 Å². The van der Waals surface area contributed by atoms with Crippen LogP contribution in [0.5, 0.6) is 23.0 Å². The van der Waals surface area contributed by atoms with E-state index in [-0.39, 0.29) is 6.03 Å². The van der Waals surface area contributed by atoms with E-state index in [4.69, 9.17) is 30.5 Å². The Morgan fingerprint density at radius 2 is 2.00 bits per heavy atom. The van der Waals surface area contributed by atoms with E-state index in [1.54, 1.807) is 31.4 Å². The van der Waals surface area contributed by atoms with Crippen molar-refractivity contribution in [3.05, 3.63) is 47.1 Å². The summed E-state index contributed by atoms with van der Waals surface area (Å²) in [7, 11) is 1.55. The van der Waals surface area contributed by atoms with Gasteiger partial charge < -0.3 is 29.6 Å². The van der Waals surface area contributed by atoms with Crippen molar-refractivity contribution in [2.45, 2.75) is 12.8 Å². The molecular weight excluding hydrogens is 484 g/mol. The number of ether oxygens (including phenoxy) is 4. The predicted octanol–water partition coefficient (Wildman–Crippen LogP) is 4.47. The molecule has 9 nitrogen and oxygen atoms in total. The minimum Gasteiger partial charge on any atom is -0.490 e. The fraction of sp³-hybridized carbons (Fsp3) is 0.385. The van der Waals surface area contributed by atoms with Crippen molar-refractivity contribution < 1.29 is 23.7 Å². The highest BCUT2D eigenvalue weighted by Crippen LogP contribution is 2.45. The molecule has 0 saturated carbocycles. The molecule has 5 rings (SSSR count). The predicted molar refractivity (Wildman–Crippen MR) is 138 cm³/mol. The lowest BCUT2D eigenvalue weighted by Gasteiger charge is -2.26. The second kappa shape index (κ2) is 11.2. The molecule has 0 spiro atoms. The van der Waals surface area contributed by atoms with Crippen molar-refractivity contribution in [3.8, 4) is 23.0 Å². The monoisotopic (exact) mass is 512 g/mol. The number of carbonyl (C=O) groups excluding carboxylic acids is 1. The van der Waals surface area contributed by atoms with Crippen LogP contribution in [-0.4, -0.2) is 69.0 Å². The van der Waals surface area contributed by atoms with Crippen molar-refractivity contribution >= 4 is 34.2 Å². The van der Waals surface area contributed by atoms with Gasteiger partial charge in [0, 0.05) is 56.6 Å². The number of morpholine rings is 1. The highest BCUT2D eigenvalue weighted by Gasteiger charge is 2.24. The number of amides is 2. The van der Waals surface area contributed by atoms with Gasteiger partial charge in [-0.1, -0.05) is 11.6 Å². The molecule has 3 heterocycles. The second-order valence-corrected chi connectivity index (χ2v) is 9.00. The first-order valence-corrected chi connectivity index (χ1v) is 12.5. The summed E-state index contributed by atoms with van der Waals surface area (Å²) in [4.78, 5) is 18.5. The number of carbonyl (C=O) groups is 1. The molecule has 0 atom stereocenters. The van der Waals surface area contributed by atoms with E-state index in [1.165, 1.54) is 0 Å². The van der Waals surface area contributed by atoms with Gasteiger partial charge in [-0.05, 0) is 30.7 Å². The molecule has 2 aliphatic heterocycles. The first kappa shape index (κ1) is 24.4. The number of hydrogen-bond acceptors (Lipinski definition) is 7. The van der Waals surface area contributed by atoms with Crippen LogP contribution in [0, 0.1) is 0 Å². The standard InChI is InChI=1S/C26H29ClN4O5/c1-28-26(32)30-17-3-4-21(19(27)15-17)36-22-5-7-29-20-16-23(25-18(24(20)22)6-12-35-25)34-11-2-8-31-9-13-33-14-10-31/h3-5,7,15-16H,2,6,8-14H2,1H3,(H2,28,30,32). The zero-order valence-electron chi connectivity index (χ0n) is 20.1. The lowest BCUT2D eigenvalue weighted by Crippen LogP contribution is -2.37. The smallest absolute Gasteiger partial charge is 0.318 e. The normalized spacial score (nSPS) is 15.3. The van der Waals surface area contributed by atoms with Crippen LogP contribution in [0.1, 0.15) is 12.0 Å². The summed E-state index contributed by atoms with van der Waals surface area (Å²) in [6, 6.07) is 8.51. The molecule has 10 heteroatoms. The van der Waals surface area contributed by atoms with E-state index >= 15 is 0 Å². The van der Waals surface area contributed by atoms with Gasteiger partial charge in [0.1, 0.15) is 11.5 Å². The third-order valence-corrected chi connectivity index (χ3v) is 6.52. The number of urea groups is 1. The Morgan fingerprint density at radius 3 is 2.81 bits per heavy atom. The van der Waals surface area contributed by atoms with E-state index in [0.29, 0.717) is 41.2 Å². The maximum Gasteiger partial charge on any atom is 0.318 e. The topological polar surface area (TPSA) is 94.2 Å². The molecule has 36 heavy (non-hydrogen) atoms. The molecule has 0 bridgehead atoms. The molecule has 1 fully saturated rings. The summed E-state index contributed by atoms with van der Waals surface area (Å²) in [5.74, 6) is 2.57. The van der Waals surface area contributed by atoms with Gasteiger partial charge in [0.05, 0.1) is 42.4 Å². The SMILES string of the molecule is CNC(=O)Nc1ccc(Oc2ccnc3cc(OCCCN4CCOCC4)c4c(c23)CCO4)c(Cl)c1. The number of hydrogen-bond donors (Lipinski definition) is 2. The fourth-order valence-electron chi connectivity index (χ4n) is 4.44. The molecule has 3 aromatic rings. The minimum atomic E-state index is -0.324. The number of halogens is 1. The van der Waals surface area contributed by atoms with Crippen molar-refractivity contribution in [3.63, 3.8) is 0 Å². The van der Waals surface area contributed by atoms with Gasteiger partial charge in [0.15, 0.2) is 11.5 Å². The zero-order valence-corrected chi connectivity index (χ0v) is 20.9. The molecule has 2 aromatic carbocycles. The van der Waals surface area contributed by atoms with Gasteiger partial charge in [-0.25, -0.2) is 4.79 Å². The third kappa shape index (κ3) is 5.43. The van der Waals surface area contributed by atoms with Crippen LogP contribution in [0.3, 0.4) is 0 Å². The lowest BCUT2D eigenvalue weighted by molar-refractivity contribution is 0.0357. The van der Waals surface area contributed by atoms with Gasteiger partial charge in [0.25, 0.3) is 0 Å². The van der Waals surface area contributed by atoms with E-state index in [0.717, 1.165) is 67.9 Å². The Hall–Kier alpha value is -3.27. The highest BCUT2D eigenvalue weighted by atomic mass is 35.5. The molecule has 190 valence electrons. The Morgan fingerprint density at radius 1 is 1.14 bits per heavy atom. The van der Waals surface area contributed by atoms with Crippen molar-refractivity contribution in [1.29, 1.82) is 0 Å². The Labute approximate surface area is 214 Å². The van der Waals surface area contributed by atoms with Crippen LogP contribution in [0.4, 0.5) is 10.5 Å². The van der Waals surface area contributed by atoms with E-state index in [1.807, 2.05) is 12.1 Å². The number of fused-ring (bicyclic) bond motifs is 3. The summed E-state index contributed by atoms with van der Waals surface area (Å²) >= 11 is 6.46. The first-order valence-electron chi connectivity index (χ1n) is 12.1. The van der Waals surface area contributed by atoms with Crippen LogP contribution in [0.15, 0.2) is 36.5 Å². The van der Waals surface area contributed by atoms with Gasteiger partial charge in [-0.2, -0.15) is 0 Å². The molecule has 2 N–H and O–H groups in total. The number of benzene rings is 2. The van der Waals surface area contributed by atoms with Crippen LogP contribution in [0.25, 0.3) is 10.9 Å². The number of nitrogens with zero attached hydrogens (tertiary/aromatic N) is 2. The Kier molecular flexibility index (Phi) is 7.60. The van der Waals surface area contributed by atoms with Crippen LogP contribution < -0.4 is 24.8 Å². The average molecular weight is 513 g/mol. The largest absolute Gasteiger partial charge is 0.490 e. The molecule has 2 amide bonds. The van der Waals surface area contributed by atoms with E-state index in [2.05, 4.69) is 20.5 Å². The third-order valence-electron chi connectivity index (χ3n) is 6.22. The zero-order chi connectivity index (χ0) is 24.9. The number of rotatable bonds is 8. The van der Waals surface area contributed by atoms with E-state index < -0.39 is 0 Å². The molecular formula is C26H29ClN4O5. The summed E-state index contributed by atoms with van der Waals surface area (Å²) in [6.07, 6.45) is 3.37. The number of aromatic nitrogens is 1. The van der Waals surface area contributed by atoms with Gasteiger partial charge in [-0.3, -0.25) is 9.88 Å². The van der Waals surface area contributed by atoms with Gasteiger partial charge >= 0.3 is 6.03 Å². The molecule has 1 saturated heterocycles. The molecule has 0 unspecified atom stereocenters. The van der Waals surface area contributed by atoms with Crippen LogP contribution in [0.2, 0.25) is 5.02 Å². The Balaban J connectivity index is 1.34. The van der Waals surface area contributed by atoms with Crippen molar-refractivity contribution in [1.82, 2.24) is 15.2 Å². The summed E-state index contributed by atoms with van der Waals surface area (Å²) in [5.41, 5.74) is 2.36. The highest BCUT2D eigenvalue weighted by molar-refractivity contribution is 6.32. The molecule has 0 aliphatic carbocycles. The fourth-order valence-corrected chi connectivity index (χ4v) is 4.66. The molecule has 0 radical (unpaired) electrons. The second-order valence-electron chi connectivity index (χ2n) is 8.59. The maximum absolute atomic E-state index is 11.6. The molecule has 1 aromatic heterocycles. The summed E-state index contributed by atoms with van der Waals surface area (Å²) in [6.45, 7) is 5.69. The minimum absolute atomic E-state index is 0.324. The van der Waals surface area contributed by atoms with Crippen LogP contribution >= 0.6 is 11.6 Å². The van der Waals surface area contributed by atoms with Crippen molar-refractivity contribution in [2.24, 2.45) is 0 Å². The van der Waals surface area contributed by atoms with Gasteiger partial charge in [0.2, 0.25) is 0 Å². The Bertz CT molecular complexity index is 1250. The lowest BCUT2D eigenvalue weighted by atomic mass is 10.0. The number of anilines is 1. The van der Waals surface area contributed by atoms with Crippen LogP contribution in [-0.2, 0) is 11.2 Å². The first-order chi connectivity index (χ1) is 17.6. The quantitative estimate of drug-likeness (QED) is 0.430. The number of pyridine rings is 1. The molecule has 2 aliphatic rings.